The molecule has 0 aliphatic carbocycles. The molecule has 0 saturated heterocycles. The Hall–Kier alpha value is -2.06. The van der Waals surface area contributed by atoms with Gasteiger partial charge < -0.3 is 4.52 Å². The molecule has 6 nitrogen and oxygen atoms in total. The zero-order valence-corrected chi connectivity index (χ0v) is 11.4. The fourth-order valence-corrected chi connectivity index (χ4v) is 2.69. The molecule has 1 N–H and O–H groups in total. The second-order valence-corrected chi connectivity index (χ2v) is 5.76. The van der Waals surface area contributed by atoms with Gasteiger partial charge in [-0.3, -0.25) is 10.1 Å². The first-order valence-electron chi connectivity index (χ1n) is 5.34. The summed E-state index contributed by atoms with van der Waals surface area (Å²) in [5.41, 5.74) is 0.219. The van der Waals surface area contributed by atoms with Crippen molar-refractivity contribution < 1.29 is 9.32 Å². The second-order valence-electron chi connectivity index (χ2n) is 3.63. The van der Waals surface area contributed by atoms with E-state index < -0.39 is 0 Å². The van der Waals surface area contributed by atoms with Gasteiger partial charge in [0.25, 0.3) is 5.91 Å². The standard InChI is InChI=1S/C11H8N4O2S2/c1-6-13-14-11(19-6)12-10(16)7-5-8(17-15-7)9-3-2-4-18-9/h2-5H,1H3,(H,12,14,16). The molecule has 0 aromatic carbocycles. The lowest BCUT2D eigenvalue weighted by Crippen LogP contribution is -2.11. The molecule has 0 saturated carbocycles. The van der Waals surface area contributed by atoms with Crippen LogP contribution in [0.3, 0.4) is 0 Å². The first kappa shape index (κ1) is 12.0. The van der Waals surface area contributed by atoms with Gasteiger partial charge in [0.05, 0.1) is 4.88 Å². The number of thiophene rings is 1. The summed E-state index contributed by atoms with van der Waals surface area (Å²) in [5.74, 6) is 0.219. The number of nitrogens with one attached hydrogen (secondary N) is 1. The Bertz CT molecular complexity index is 702. The quantitative estimate of drug-likeness (QED) is 0.802. The lowest BCUT2D eigenvalue weighted by Gasteiger charge is -1.94. The maximum absolute atomic E-state index is 11.9. The summed E-state index contributed by atoms with van der Waals surface area (Å²) in [6.45, 7) is 1.82. The van der Waals surface area contributed by atoms with Crippen molar-refractivity contribution in [2.45, 2.75) is 6.92 Å². The van der Waals surface area contributed by atoms with Crippen molar-refractivity contribution in [1.82, 2.24) is 15.4 Å². The Morgan fingerprint density at radius 2 is 2.32 bits per heavy atom. The molecule has 3 aromatic rings. The monoisotopic (exact) mass is 292 g/mol. The Morgan fingerprint density at radius 3 is 3.00 bits per heavy atom. The Morgan fingerprint density at radius 1 is 1.42 bits per heavy atom. The lowest BCUT2D eigenvalue weighted by molar-refractivity contribution is 0.101. The van der Waals surface area contributed by atoms with Crippen LogP contribution < -0.4 is 5.32 Å². The van der Waals surface area contributed by atoms with Gasteiger partial charge in [-0.05, 0) is 18.4 Å². The summed E-state index contributed by atoms with van der Waals surface area (Å²) < 4.78 is 5.14. The zero-order chi connectivity index (χ0) is 13.2. The van der Waals surface area contributed by atoms with E-state index in [4.69, 9.17) is 4.52 Å². The molecule has 0 spiro atoms. The molecule has 3 rings (SSSR count). The predicted molar refractivity (Wildman–Crippen MR) is 72.4 cm³/mol. The molecule has 0 unspecified atom stereocenters. The number of carbonyl (C=O) groups excluding carboxylic acids is 1. The van der Waals surface area contributed by atoms with Crippen LogP contribution in [0, 0.1) is 6.92 Å². The van der Waals surface area contributed by atoms with Crippen molar-refractivity contribution in [1.29, 1.82) is 0 Å². The third-order valence-corrected chi connectivity index (χ3v) is 3.89. The molecule has 0 aliphatic rings. The van der Waals surface area contributed by atoms with Crippen molar-refractivity contribution in [3.63, 3.8) is 0 Å². The molecule has 0 atom stereocenters. The average Bonchev–Trinajstić information content (AvgIpc) is 3.08. The topological polar surface area (TPSA) is 80.9 Å². The normalized spacial score (nSPS) is 10.6. The number of nitrogens with zero attached hydrogens (tertiary/aromatic N) is 3. The minimum absolute atomic E-state index is 0.219. The first-order valence-corrected chi connectivity index (χ1v) is 7.04. The number of amides is 1. The van der Waals surface area contributed by atoms with Gasteiger partial charge in [0.15, 0.2) is 11.5 Å². The number of anilines is 1. The maximum atomic E-state index is 11.9. The van der Waals surface area contributed by atoms with Gasteiger partial charge in [0, 0.05) is 6.07 Å². The summed E-state index contributed by atoms with van der Waals surface area (Å²) in [6.07, 6.45) is 0. The molecule has 0 aliphatic heterocycles. The van der Waals surface area contributed by atoms with Crippen molar-refractivity contribution in [2.75, 3.05) is 5.32 Å². The fraction of sp³-hybridized carbons (Fsp3) is 0.0909. The van der Waals surface area contributed by atoms with E-state index in [1.807, 2.05) is 24.4 Å². The molecule has 0 fully saturated rings. The lowest BCUT2D eigenvalue weighted by atomic mass is 10.3. The molecule has 96 valence electrons. The second kappa shape index (κ2) is 4.90. The maximum Gasteiger partial charge on any atom is 0.279 e. The van der Waals surface area contributed by atoms with Crippen LogP contribution in [0.4, 0.5) is 5.13 Å². The number of rotatable bonds is 3. The fourth-order valence-electron chi connectivity index (χ4n) is 1.43. The van der Waals surface area contributed by atoms with Gasteiger partial charge in [-0.1, -0.05) is 22.6 Å². The molecule has 3 aromatic heterocycles. The first-order chi connectivity index (χ1) is 9.22. The minimum atomic E-state index is -0.359. The van der Waals surface area contributed by atoms with Crippen LogP contribution in [0.5, 0.6) is 0 Å². The molecule has 0 bridgehead atoms. The van der Waals surface area contributed by atoms with Crippen molar-refractivity contribution in [2.24, 2.45) is 0 Å². The largest absolute Gasteiger partial charge is 0.355 e. The van der Waals surface area contributed by atoms with Gasteiger partial charge in [-0.15, -0.1) is 21.5 Å². The predicted octanol–water partition coefficient (Wildman–Crippen LogP) is 2.82. The molecule has 19 heavy (non-hydrogen) atoms. The van der Waals surface area contributed by atoms with E-state index in [1.165, 1.54) is 22.7 Å². The van der Waals surface area contributed by atoms with E-state index in [-0.39, 0.29) is 11.6 Å². The zero-order valence-electron chi connectivity index (χ0n) is 9.78. The number of hydrogen-bond donors (Lipinski definition) is 1. The van der Waals surface area contributed by atoms with Crippen LogP contribution in [0.2, 0.25) is 0 Å². The highest BCUT2D eigenvalue weighted by Crippen LogP contribution is 2.25. The number of carbonyl (C=O) groups is 1. The molecule has 3 heterocycles. The third-order valence-electron chi connectivity index (χ3n) is 2.25. The minimum Gasteiger partial charge on any atom is -0.355 e. The smallest absolute Gasteiger partial charge is 0.279 e. The highest BCUT2D eigenvalue weighted by molar-refractivity contribution is 7.15. The van der Waals surface area contributed by atoms with Crippen molar-refractivity contribution in [3.05, 3.63) is 34.3 Å². The van der Waals surface area contributed by atoms with Crippen LogP contribution in [-0.2, 0) is 0 Å². The van der Waals surface area contributed by atoms with Crippen LogP contribution >= 0.6 is 22.7 Å². The number of hydrogen-bond acceptors (Lipinski definition) is 7. The van der Waals surface area contributed by atoms with E-state index in [0.29, 0.717) is 10.9 Å². The van der Waals surface area contributed by atoms with Gasteiger partial charge in [0.2, 0.25) is 5.13 Å². The molecule has 1 amide bonds. The van der Waals surface area contributed by atoms with E-state index in [9.17, 15) is 4.79 Å². The van der Waals surface area contributed by atoms with Gasteiger partial charge in [-0.2, -0.15) is 0 Å². The van der Waals surface area contributed by atoms with Gasteiger partial charge in [0.1, 0.15) is 5.01 Å². The SMILES string of the molecule is Cc1nnc(NC(=O)c2cc(-c3cccs3)on2)s1. The Kier molecular flexibility index (Phi) is 3.10. The third kappa shape index (κ3) is 2.54. The Labute approximate surface area is 116 Å². The van der Waals surface area contributed by atoms with E-state index in [2.05, 4.69) is 20.7 Å². The molecule has 8 heteroatoms. The van der Waals surface area contributed by atoms with Crippen molar-refractivity contribution in [3.8, 4) is 10.6 Å². The summed E-state index contributed by atoms with van der Waals surface area (Å²) in [7, 11) is 0. The van der Waals surface area contributed by atoms with Crippen LogP contribution in [0.15, 0.2) is 28.1 Å². The van der Waals surface area contributed by atoms with E-state index in [0.717, 1.165) is 9.88 Å². The highest BCUT2D eigenvalue weighted by atomic mass is 32.1. The van der Waals surface area contributed by atoms with Crippen LogP contribution in [0.25, 0.3) is 10.6 Å². The van der Waals surface area contributed by atoms with E-state index in [1.54, 1.807) is 6.07 Å². The number of aryl methyl sites for hydroxylation is 1. The molecule has 0 radical (unpaired) electrons. The van der Waals surface area contributed by atoms with Crippen LogP contribution in [0.1, 0.15) is 15.5 Å². The molecular weight excluding hydrogens is 284 g/mol. The van der Waals surface area contributed by atoms with Gasteiger partial charge >= 0.3 is 0 Å². The van der Waals surface area contributed by atoms with Gasteiger partial charge in [-0.25, -0.2) is 0 Å². The van der Waals surface area contributed by atoms with E-state index >= 15 is 0 Å². The summed E-state index contributed by atoms with van der Waals surface area (Å²) in [4.78, 5) is 12.8. The summed E-state index contributed by atoms with van der Waals surface area (Å²) in [5, 5.41) is 17.2. The number of aromatic nitrogens is 3. The highest BCUT2D eigenvalue weighted by Gasteiger charge is 2.15. The average molecular weight is 292 g/mol. The molecular formula is C11H8N4O2S2. The van der Waals surface area contributed by atoms with Crippen LogP contribution in [-0.4, -0.2) is 21.3 Å². The van der Waals surface area contributed by atoms with Crippen molar-refractivity contribution >= 4 is 33.7 Å². The Balaban J connectivity index is 1.77. The summed E-state index contributed by atoms with van der Waals surface area (Å²) >= 11 is 2.83. The summed E-state index contributed by atoms with van der Waals surface area (Å²) in [6, 6.07) is 5.42.